The molecule has 1 saturated carbocycles. The van der Waals surface area contributed by atoms with Crippen molar-refractivity contribution in [3.8, 4) is 5.75 Å². The molecule has 1 heterocycles. The van der Waals surface area contributed by atoms with Crippen LogP contribution in [0.3, 0.4) is 0 Å². The maximum atomic E-state index is 6.72. The standard InChI is InChI=1S/C32H47NO3/c1-5-6-12-20-35-31-30(34-21-19-25-14-8-7-9-15-25)28-22-27(17-18-29(28)36-32(31,3)4)33-23-26-16-11-10-13-24(26)2/h10-11,13,16-18,22,25,30-31,33H,5-9,12,14-15,19-21,23H2,1-4H3. The lowest BCUT2D eigenvalue weighted by atomic mass is 9.86. The summed E-state index contributed by atoms with van der Waals surface area (Å²) in [6.45, 7) is 11.0. The first kappa shape index (κ1) is 27.0. The minimum absolute atomic E-state index is 0.130. The molecule has 1 aliphatic carbocycles. The summed E-state index contributed by atoms with van der Waals surface area (Å²) in [5.74, 6) is 1.72. The van der Waals surface area contributed by atoms with Gasteiger partial charge in [-0.1, -0.05) is 76.1 Å². The van der Waals surface area contributed by atoms with E-state index in [2.05, 4.69) is 75.5 Å². The topological polar surface area (TPSA) is 39.7 Å². The molecule has 0 bridgehead atoms. The molecule has 0 spiro atoms. The van der Waals surface area contributed by atoms with Crippen molar-refractivity contribution in [3.63, 3.8) is 0 Å². The van der Waals surface area contributed by atoms with Crippen molar-refractivity contribution in [2.75, 3.05) is 18.5 Å². The molecule has 2 aromatic rings. The van der Waals surface area contributed by atoms with Gasteiger partial charge < -0.3 is 19.5 Å². The van der Waals surface area contributed by atoms with Gasteiger partial charge in [0, 0.05) is 31.0 Å². The highest BCUT2D eigenvalue weighted by Gasteiger charge is 2.45. The number of hydrogen-bond acceptors (Lipinski definition) is 4. The summed E-state index contributed by atoms with van der Waals surface area (Å²) in [6, 6.07) is 15.0. The molecule has 4 rings (SSSR count). The van der Waals surface area contributed by atoms with Crippen molar-refractivity contribution < 1.29 is 14.2 Å². The van der Waals surface area contributed by atoms with Gasteiger partial charge in [0.15, 0.2) is 0 Å². The van der Waals surface area contributed by atoms with Crippen LogP contribution < -0.4 is 10.1 Å². The van der Waals surface area contributed by atoms with E-state index in [4.69, 9.17) is 14.2 Å². The number of benzene rings is 2. The van der Waals surface area contributed by atoms with Crippen molar-refractivity contribution in [2.45, 2.75) is 110 Å². The normalized spacial score (nSPS) is 21.6. The Kier molecular flexibility index (Phi) is 9.73. The second kappa shape index (κ2) is 13.0. The van der Waals surface area contributed by atoms with Gasteiger partial charge in [-0.3, -0.25) is 0 Å². The monoisotopic (exact) mass is 493 g/mol. The Labute approximate surface area is 219 Å². The van der Waals surface area contributed by atoms with Crippen LogP contribution in [0.1, 0.15) is 101 Å². The van der Waals surface area contributed by atoms with Crippen LogP contribution in [-0.4, -0.2) is 24.9 Å². The number of anilines is 1. The van der Waals surface area contributed by atoms with Gasteiger partial charge in [0.05, 0.1) is 0 Å². The van der Waals surface area contributed by atoms with E-state index >= 15 is 0 Å². The second-order valence-electron chi connectivity index (χ2n) is 11.3. The van der Waals surface area contributed by atoms with E-state index in [1.54, 1.807) is 0 Å². The summed E-state index contributed by atoms with van der Waals surface area (Å²) in [4.78, 5) is 0. The molecule has 1 aliphatic heterocycles. The number of ether oxygens (including phenoxy) is 3. The van der Waals surface area contributed by atoms with Crippen LogP contribution in [-0.2, 0) is 16.0 Å². The first-order valence-corrected chi connectivity index (χ1v) is 14.3. The van der Waals surface area contributed by atoms with Gasteiger partial charge in [0.1, 0.15) is 23.6 Å². The number of rotatable bonds is 12. The van der Waals surface area contributed by atoms with Crippen molar-refractivity contribution in [2.24, 2.45) is 5.92 Å². The second-order valence-corrected chi connectivity index (χ2v) is 11.3. The Balaban J connectivity index is 1.52. The fourth-order valence-electron chi connectivity index (χ4n) is 5.71. The van der Waals surface area contributed by atoms with E-state index in [9.17, 15) is 0 Å². The Morgan fingerprint density at radius 2 is 1.78 bits per heavy atom. The number of nitrogens with one attached hydrogen (secondary N) is 1. The third-order valence-corrected chi connectivity index (χ3v) is 7.99. The molecule has 36 heavy (non-hydrogen) atoms. The lowest BCUT2D eigenvalue weighted by Gasteiger charge is -2.44. The number of hydrogen-bond donors (Lipinski definition) is 1. The zero-order valence-electron chi connectivity index (χ0n) is 23.0. The van der Waals surface area contributed by atoms with Gasteiger partial charge in [-0.15, -0.1) is 0 Å². The molecule has 0 aromatic heterocycles. The van der Waals surface area contributed by atoms with E-state index in [0.717, 1.165) is 55.5 Å². The molecule has 2 atom stereocenters. The summed E-state index contributed by atoms with van der Waals surface area (Å²) in [7, 11) is 0. The zero-order chi connectivity index (χ0) is 25.4. The fourth-order valence-corrected chi connectivity index (χ4v) is 5.71. The van der Waals surface area contributed by atoms with Crippen molar-refractivity contribution in [1.29, 1.82) is 0 Å². The predicted octanol–water partition coefficient (Wildman–Crippen LogP) is 8.38. The minimum Gasteiger partial charge on any atom is -0.485 e. The maximum Gasteiger partial charge on any atom is 0.132 e. The first-order chi connectivity index (χ1) is 17.5. The van der Waals surface area contributed by atoms with Crippen LogP contribution in [0.15, 0.2) is 42.5 Å². The third kappa shape index (κ3) is 7.04. The molecule has 198 valence electrons. The van der Waals surface area contributed by atoms with Crippen LogP contribution in [0.4, 0.5) is 5.69 Å². The molecule has 0 radical (unpaired) electrons. The fraction of sp³-hybridized carbons (Fsp3) is 0.625. The van der Waals surface area contributed by atoms with Crippen molar-refractivity contribution in [3.05, 3.63) is 59.2 Å². The van der Waals surface area contributed by atoms with Gasteiger partial charge in [-0.25, -0.2) is 0 Å². The Morgan fingerprint density at radius 3 is 2.56 bits per heavy atom. The van der Waals surface area contributed by atoms with Crippen LogP contribution in [0.25, 0.3) is 0 Å². The molecule has 1 fully saturated rings. The van der Waals surface area contributed by atoms with Gasteiger partial charge >= 0.3 is 0 Å². The smallest absolute Gasteiger partial charge is 0.132 e. The lowest BCUT2D eigenvalue weighted by Crippen LogP contribution is -2.51. The summed E-state index contributed by atoms with van der Waals surface area (Å²) in [6.07, 6.45) is 11.2. The van der Waals surface area contributed by atoms with Crippen molar-refractivity contribution in [1.82, 2.24) is 0 Å². The molecule has 2 aromatic carbocycles. The zero-order valence-corrected chi connectivity index (χ0v) is 23.0. The largest absolute Gasteiger partial charge is 0.485 e. The van der Waals surface area contributed by atoms with E-state index in [0.29, 0.717) is 0 Å². The average molecular weight is 494 g/mol. The highest BCUT2D eigenvalue weighted by Crippen LogP contribution is 2.44. The van der Waals surface area contributed by atoms with Crippen molar-refractivity contribution >= 4 is 5.69 Å². The summed E-state index contributed by atoms with van der Waals surface area (Å²) in [5, 5.41) is 3.62. The molecule has 0 amide bonds. The van der Waals surface area contributed by atoms with E-state index in [1.807, 2.05) is 0 Å². The van der Waals surface area contributed by atoms with Gasteiger partial charge in [-0.2, -0.15) is 0 Å². The van der Waals surface area contributed by atoms with Crippen LogP contribution in [0.5, 0.6) is 5.75 Å². The highest BCUT2D eigenvalue weighted by molar-refractivity contribution is 5.54. The molecule has 2 unspecified atom stereocenters. The number of aryl methyl sites for hydroxylation is 1. The molecule has 0 saturated heterocycles. The average Bonchev–Trinajstić information content (AvgIpc) is 2.87. The Bertz CT molecular complexity index is 950. The van der Waals surface area contributed by atoms with E-state index in [1.165, 1.54) is 56.1 Å². The Hall–Kier alpha value is -2.04. The molecular weight excluding hydrogens is 446 g/mol. The van der Waals surface area contributed by atoms with Gasteiger partial charge in [0.2, 0.25) is 0 Å². The predicted molar refractivity (Wildman–Crippen MR) is 149 cm³/mol. The molecule has 4 heteroatoms. The van der Waals surface area contributed by atoms with Gasteiger partial charge in [0.25, 0.3) is 0 Å². The van der Waals surface area contributed by atoms with Crippen LogP contribution >= 0.6 is 0 Å². The maximum absolute atomic E-state index is 6.72. The molecule has 4 nitrogen and oxygen atoms in total. The lowest BCUT2D eigenvalue weighted by molar-refractivity contribution is -0.163. The molecule has 2 aliphatic rings. The highest BCUT2D eigenvalue weighted by atomic mass is 16.6. The SMILES string of the molecule is CCCCCOC1C(OCCC2CCCCC2)c2cc(NCc3ccccc3C)ccc2OC1(C)C. The molecular formula is C32H47NO3. The number of fused-ring (bicyclic) bond motifs is 1. The summed E-state index contributed by atoms with van der Waals surface area (Å²) >= 11 is 0. The van der Waals surface area contributed by atoms with E-state index < -0.39 is 5.60 Å². The minimum atomic E-state index is -0.454. The molecule has 1 N–H and O–H groups in total. The summed E-state index contributed by atoms with van der Waals surface area (Å²) in [5.41, 5.74) is 4.35. The van der Waals surface area contributed by atoms with Crippen LogP contribution in [0, 0.1) is 12.8 Å². The van der Waals surface area contributed by atoms with Gasteiger partial charge in [-0.05, 0) is 68.9 Å². The summed E-state index contributed by atoms with van der Waals surface area (Å²) < 4.78 is 19.8. The number of unbranched alkanes of at least 4 members (excludes halogenated alkanes) is 2. The third-order valence-electron chi connectivity index (χ3n) is 7.99. The first-order valence-electron chi connectivity index (χ1n) is 14.3. The van der Waals surface area contributed by atoms with E-state index in [-0.39, 0.29) is 12.2 Å². The van der Waals surface area contributed by atoms with Crippen LogP contribution in [0.2, 0.25) is 0 Å². The quantitative estimate of drug-likeness (QED) is 0.301. The Morgan fingerprint density at radius 1 is 0.972 bits per heavy atom.